The average Bonchev–Trinajstić information content (AvgIpc) is 3.75. The molecule has 238 valence electrons. The Morgan fingerprint density at radius 2 is 0.922 bits per heavy atom. The maximum absolute atomic E-state index is 6.95. The highest BCUT2D eigenvalue weighted by atomic mass is 16.3. The molecule has 0 amide bonds. The number of aromatic nitrogens is 1. The van der Waals surface area contributed by atoms with Gasteiger partial charge in [0, 0.05) is 43.7 Å². The molecule has 9 aromatic carbocycles. The van der Waals surface area contributed by atoms with Crippen LogP contribution in [0.1, 0.15) is 0 Å². The van der Waals surface area contributed by atoms with Crippen molar-refractivity contribution in [2.75, 3.05) is 4.90 Å². The zero-order valence-corrected chi connectivity index (χ0v) is 27.6. The van der Waals surface area contributed by atoms with E-state index in [2.05, 4.69) is 191 Å². The molecule has 0 saturated carbocycles. The van der Waals surface area contributed by atoms with Crippen LogP contribution in [0, 0.1) is 0 Å². The van der Waals surface area contributed by atoms with E-state index in [0.717, 1.165) is 50.1 Å². The highest BCUT2D eigenvalue weighted by Crippen LogP contribution is 2.47. The normalized spacial score (nSPS) is 11.9. The molecule has 51 heavy (non-hydrogen) atoms. The van der Waals surface area contributed by atoms with Gasteiger partial charge < -0.3 is 13.9 Å². The first-order valence-electron chi connectivity index (χ1n) is 17.4. The second-order valence-electron chi connectivity index (χ2n) is 13.3. The quantitative estimate of drug-likeness (QED) is 0.177. The number of hydrogen-bond donors (Lipinski definition) is 0. The summed E-state index contributed by atoms with van der Waals surface area (Å²) in [5.41, 5.74) is 8.45. The van der Waals surface area contributed by atoms with Crippen LogP contribution < -0.4 is 4.90 Å². The number of hydrogen-bond acceptors (Lipinski definition) is 2. The van der Waals surface area contributed by atoms with Crippen LogP contribution in [-0.4, -0.2) is 4.57 Å². The minimum atomic E-state index is 0.868. The van der Waals surface area contributed by atoms with Gasteiger partial charge in [-0.25, -0.2) is 0 Å². The topological polar surface area (TPSA) is 21.3 Å². The monoisotopic (exact) mass is 650 g/mol. The Kier molecular flexibility index (Phi) is 5.96. The van der Waals surface area contributed by atoms with Crippen LogP contribution in [0.15, 0.2) is 186 Å². The summed E-state index contributed by atoms with van der Waals surface area (Å²) < 4.78 is 9.32. The van der Waals surface area contributed by atoms with Crippen LogP contribution in [0.2, 0.25) is 0 Å². The van der Waals surface area contributed by atoms with E-state index in [1.54, 1.807) is 0 Å². The average molecular weight is 651 g/mol. The molecule has 0 aliphatic rings. The number of benzene rings is 9. The van der Waals surface area contributed by atoms with Gasteiger partial charge in [0.15, 0.2) is 5.58 Å². The zero-order valence-electron chi connectivity index (χ0n) is 27.6. The SMILES string of the molecule is c1ccc2c(c1)cc(N(c1ccc(-n3c4ccccc4c4ccccc43)cc1)c1cccc3c1oc1c4ccccc4ccc31)c1ccccc12. The molecule has 0 aliphatic carbocycles. The Hall–Kier alpha value is -6.84. The Balaban J connectivity index is 1.19. The summed E-state index contributed by atoms with van der Waals surface area (Å²) in [6.07, 6.45) is 0. The fraction of sp³-hybridized carbons (Fsp3) is 0. The van der Waals surface area contributed by atoms with Gasteiger partial charge in [-0.3, -0.25) is 0 Å². The first-order chi connectivity index (χ1) is 25.3. The lowest BCUT2D eigenvalue weighted by Crippen LogP contribution is -2.11. The van der Waals surface area contributed by atoms with Crippen LogP contribution in [0.4, 0.5) is 17.1 Å². The molecule has 0 N–H and O–H groups in total. The van der Waals surface area contributed by atoms with Crippen molar-refractivity contribution in [3.8, 4) is 5.69 Å². The first kappa shape index (κ1) is 28.0. The molecule has 0 unspecified atom stereocenters. The number of fused-ring (bicyclic) bond motifs is 11. The van der Waals surface area contributed by atoms with Gasteiger partial charge in [-0.1, -0.05) is 127 Å². The highest BCUT2D eigenvalue weighted by molar-refractivity contribution is 6.19. The van der Waals surface area contributed by atoms with Gasteiger partial charge >= 0.3 is 0 Å². The van der Waals surface area contributed by atoms with Crippen molar-refractivity contribution in [1.29, 1.82) is 0 Å². The molecule has 11 aromatic rings. The molecular formula is C48H30N2O. The smallest absolute Gasteiger partial charge is 0.159 e. The molecule has 0 radical (unpaired) electrons. The third kappa shape index (κ3) is 4.12. The van der Waals surface area contributed by atoms with Crippen molar-refractivity contribution in [1.82, 2.24) is 4.57 Å². The third-order valence-corrected chi connectivity index (χ3v) is 10.5. The molecule has 0 aliphatic heterocycles. The summed E-state index contributed by atoms with van der Waals surface area (Å²) in [7, 11) is 0. The summed E-state index contributed by atoms with van der Waals surface area (Å²) in [6, 6.07) is 65.5. The van der Waals surface area contributed by atoms with Crippen molar-refractivity contribution < 1.29 is 4.42 Å². The number of rotatable bonds is 4. The van der Waals surface area contributed by atoms with Crippen molar-refractivity contribution in [3.05, 3.63) is 182 Å². The van der Waals surface area contributed by atoms with E-state index < -0.39 is 0 Å². The van der Waals surface area contributed by atoms with E-state index in [1.165, 1.54) is 48.7 Å². The van der Waals surface area contributed by atoms with Crippen LogP contribution in [0.3, 0.4) is 0 Å². The van der Waals surface area contributed by atoms with E-state index in [-0.39, 0.29) is 0 Å². The van der Waals surface area contributed by atoms with Crippen molar-refractivity contribution in [2.24, 2.45) is 0 Å². The lowest BCUT2D eigenvalue weighted by molar-refractivity contribution is 0.673. The Bertz CT molecular complexity index is 3090. The van der Waals surface area contributed by atoms with Crippen LogP contribution in [0.5, 0.6) is 0 Å². The van der Waals surface area contributed by atoms with Crippen LogP contribution in [-0.2, 0) is 0 Å². The molecule has 3 nitrogen and oxygen atoms in total. The van der Waals surface area contributed by atoms with E-state index in [0.29, 0.717) is 0 Å². The summed E-state index contributed by atoms with van der Waals surface area (Å²) >= 11 is 0. The minimum Gasteiger partial charge on any atom is -0.453 e. The summed E-state index contributed by atoms with van der Waals surface area (Å²) in [4.78, 5) is 2.39. The fourth-order valence-electron chi connectivity index (χ4n) is 8.27. The molecule has 3 heteroatoms. The predicted molar refractivity (Wildman–Crippen MR) is 215 cm³/mol. The molecule has 0 saturated heterocycles. The number of para-hydroxylation sites is 3. The maximum atomic E-state index is 6.95. The van der Waals surface area contributed by atoms with Gasteiger partial charge in [0.2, 0.25) is 0 Å². The van der Waals surface area contributed by atoms with Crippen LogP contribution >= 0.6 is 0 Å². The lowest BCUT2D eigenvalue weighted by atomic mass is 9.98. The summed E-state index contributed by atoms with van der Waals surface area (Å²) in [5.74, 6) is 0. The van der Waals surface area contributed by atoms with Crippen molar-refractivity contribution in [3.63, 3.8) is 0 Å². The second-order valence-corrected chi connectivity index (χ2v) is 13.3. The molecule has 11 rings (SSSR count). The Morgan fingerprint density at radius 1 is 0.353 bits per heavy atom. The molecule has 2 heterocycles. The Labute approximate surface area is 293 Å². The van der Waals surface area contributed by atoms with Crippen molar-refractivity contribution >= 4 is 93.1 Å². The Morgan fingerprint density at radius 3 is 1.67 bits per heavy atom. The van der Waals surface area contributed by atoms with E-state index >= 15 is 0 Å². The number of nitrogens with zero attached hydrogens (tertiary/aromatic N) is 2. The first-order valence-corrected chi connectivity index (χ1v) is 17.4. The number of furan rings is 1. The molecule has 0 bridgehead atoms. The molecule has 0 fully saturated rings. The maximum Gasteiger partial charge on any atom is 0.159 e. The summed E-state index contributed by atoms with van der Waals surface area (Å²) in [5, 5.41) is 11.9. The van der Waals surface area contributed by atoms with Gasteiger partial charge in [0.05, 0.1) is 22.4 Å². The molecular weight excluding hydrogens is 621 g/mol. The highest BCUT2D eigenvalue weighted by Gasteiger charge is 2.23. The second kappa shape index (κ2) is 10.8. The molecule has 2 aromatic heterocycles. The lowest BCUT2D eigenvalue weighted by Gasteiger charge is -2.28. The largest absolute Gasteiger partial charge is 0.453 e. The van der Waals surface area contributed by atoms with Crippen molar-refractivity contribution in [2.45, 2.75) is 0 Å². The zero-order chi connectivity index (χ0) is 33.5. The van der Waals surface area contributed by atoms with Gasteiger partial charge in [0.25, 0.3) is 0 Å². The van der Waals surface area contributed by atoms with Gasteiger partial charge in [-0.15, -0.1) is 0 Å². The van der Waals surface area contributed by atoms with E-state index in [4.69, 9.17) is 4.42 Å². The fourth-order valence-corrected chi connectivity index (χ4v) is 8.27. The molecule has 0 atom stereocenters. The standard InChI is InChI=1S/C48H30N2O/c1-4-15-36-31(12-1)24-29-42-41-20-11-23-45(48(41)51-47(36)42)50(46-30-32-13-2-3-14-35(32)37-16-5-6-17-38(37)46)34-27-25-33(26-28-34)49-43-21-9-7-18-39(43)40-19-8-10-22-44(40)49/h1-30H. The summed E-state index contributed by atoms with van der Waals surface area (Å²) in [6.45, 7) is 0. The van der Waals surface area contributed by atoms with Gasteiger partial charge in [-0.05, 0) is 76.1 Å². The van der Waals surface area contributed by atoms with Gasteiger partial charge in [-0.2, -0.15) is 0 Å². The third-order valence-electron chi connectivity index (χ3n) is 10.5. The molecule has 0 spiro atoms. The van der Waals surface area contributed by atoms with Crippen LogP contribution in [0.25, 0.3) is 81.7 Å². The predicted octanol–water partition coefficient (Wildman–Crippen LogP) is 13.6. The van der Waals surface area contributed by atoms with E-state index in [9.17, 15) is 0 Å². The van der Waals surface area contributed by atoms with E-state index in [1.807, 2.05) is 0 Å². The number of anilines is 3. The minimum absolute atomic E-state index is 0.868. The van der Waals surface area contributed by atoms with Gasteiger partial charge in [0.1, 0.15) is 5.58 Å².